The molecule has 1 aromatic heterocycles. The summed E-state index contributed by atoms with van der Waals surface area (Å²) in [6.45, 7) is 0.878. The lowest BCUT2D eigenvalue weighted by molar-refractivity contribution is 0.766. The number of hydrogen-bond donors (Lipinski definition) is 1. The Balaban J connectivity index is 1.75. The Labute approximate surface area is 110 Å². The molecular formula is C12H14ClN3S. The van der Waals surface area contributed by atoms with Gasteiger partial charge in [0.2, 0.25) is 0 Å². The maximum Gasteiger partial charge on any atom is 0.0637 e. The second-order valence-corrected chi connectivity index (χ2v) is 5.18. The van der Waals surface area contributed by atoms with Gasteiger partial charge in [0, 0.05) is 30.4 Å². The third-order valence-corrected chi connectivity index (χ3v) is 3.52. The fourth-order valence-electron chi connectivity index (χ4n) is 1.43. The first-order valence-corrected chi connectivity index (χ1v) is 6.72. The van der Waals surface area contributed by atoms with Gasteiger partial charge >= 0.3 is 0 Å². The van der Waals surface area contributed by atoms with Crippen molar-refractivity contribution in [3.05, 3.63) is 41.7 Å². The molecule has 0 atom stereocenters. The Bertz CT molecular complexity index is 484. The molecule has 3 nitrogen and oxygen atoms in total. The van der Waals surface area contributed by atoms with E-state index in [4.69, 9.17) is 11.6 Å². The first kappa shape index (κ1) is 12.3. The van der Waals surface area contributed by atoms with E-state index in [1.807, 2.05) is 48.4 Å². The van der Waals surface area contributed by atoms with Crippen molar-refractivity contribution in [3.8, 4) is 0 Å². The molecule has 0 amide bonds. The molecule has 0 fully saturated rings. The highest BCUT2D eigenvalue weighted by Gasteiger charge is 1.99. The molecule has 1 N–H and O–H groups in total. The predicted octanol–water partition coefficient (Wildman–Crippen LogP) is 3.28. The highest BCUT2D eigenvalue weighted by atomic mass is 35.5. The first-order valence-electron chi connectivity index (χ1n) is 5.35. The molecule has 90 valence electrons. The summed E-state index contributed by atoms with van der Waals surface area (Å²) in [6, 6.07) is 7.77. The molecule has 0 saturated heterocycles. The maximum absolute atomic E-state index is 6.04. The summed E-state index contributed by atoms with van der Waals surface area (Å²) >= 11 is 7.82. The van der Waals surface area contributed by atoms with Gasteiger partial charge in [-0.25, -0.2) is 0 Å². The van der Waals surface area contributed by atoms with Gasteiger partial charge in [0.15, 0.2) is 0 Å². The van der Waals surface area contributed by atoms with Crippen LogP contribution in [0.1, 0.15) is 0 Å². The van der Waals surface area contributed by atoms with Gasteiger partial charge in [-0.1, -0.05) is 23.7 Å². The van der Waals surface area contributed by atoms with Crippen molar-refractivity contribution in [1.29, 1.82) is 0 Å². The predicted molar refractivity (Wildman–Crippen MR) is 73.9 cm³/mol. The molecule has 17 heavy (non-hydrogen) atoms. The lowest BCUT2D eigenvalue weighted by atomic mass is 10.3. The van der Waals surface area contributed by atoms with Crippen LogP contribution >= 0.6 is 23.4 Å². The van der Waals surface area contributed by atoms with E-state index >= 15 is 0 Å². The zero-order valence-electron chi connectivity index (χ0n) is 9.56. The van der Waals surface area contributed by atoms with Gasteiger partial charge in [-0.3, -0.25) is 4.68 Å². The minimum Gasteiger partial charge on any atom is -0.383 e. The van der Waals surface area contributed by atoms with Gasteiger partial charge in [-0.05, 0) is 12.1 Å². The minimum absolute atomic E-state index is 0.763. The van der Waals surface area contributed by atoms with Crippen LogP contribution in [0.2, 0.25) is 5.02 Å². The van der Waals surface area contributed by atoms with Crippen LogP contribution in [0.4, 0.5) is 5.69 Å². The molecule has 2 rings (SSSR count). The Hall–Kier alpha value is -1.13. The van der Waals surface area contributed by atoms with Gasteiger partial charge in [0.05, 0.1) is 16.9 Å². The second-order valence-electron chi connectivity index (χ2n) is 3.60. The third kappa shape index (κ3) is 3.68. The Morgan fingerprint density at radius 1 is 1.41 bits per heavy atom. The van der Waals surface area contributed by atoms with Gasteiger partial charge in [-0.2, -0.15) is 5.10 Å². The van der Waals surface area contributed by atoms with Crippen LogP contribution in [-0.2, 0) is 7.05 Å². The van der Waals surface area contributed by atoms with Crippen molar-refractivity contribution < 1.29 is 0 Å². The molecule has 0 unspecified atom stereocenters. The van der Waals surface area contributed by atoms with Crippen LogP contribution in [0.5, 0.6) is 0 Å². The fraction of sp³-hybridized carbons (Fsp3) is 0.250. The molecule has 0 aliphatic rings. The summed E-state index contributed by atoms with van der Waals surface area (Å²) in [4.78, 5) is 1.19. The Morgan fingerprint density at radius 3 is 2.94 bits per heavy atom. The number of thioether (sulfide) groups is 1. The number of halogens is 1. The molecular weight excluding hydrogens is 254 g/mol. The Morgan fingerprint density at radius 2 is 2.24 bits per heavy atom. The summed E-state index contributed by atoms with van der Waals surface area (Å²) in [5.74, 6) is 0.983. The van der Waals surface area contributed by atoms with Crippen molar-refractivity contribution in [2.75, 3.05) is 17.6 Å². The van der Waals surface area contributed by atoms with Crippen LogP contribution in [0.15, 0.2) is 41.6 Å². The largest absolute Gasteiger partial charge is 0.383 e. The molecule has 0 saturated carbocycles. The van der Waals surface area contributed by atoms with E-state index in [-0.39, 0.29) is 0 Å². The molecule has 1 aromatic carbocycles. The number of para-hydroxylation sites is 1. The number of nitrogens with one attached hydrogen (secondary N) is 1. The van der Waals surface area contributed by atoms with E-state index in [0.29, 0.717) is 0 Å². The molecule has 1 heterocycles. The molecule has 0 spiro atoms. The first-order chi connectivity index (χ1) is 8.25. The molecule has 0 aliphatic carbocycles. The van der Waals surface area contributed by atoms with E-state index < -0.39 is 0 Å². The van der Waals surface area contributed by atoms with E-state index in [9.17, 15) is 0 Å². The molecule has 0 radical (unpaired) electrons. The SMILES string of the molecule is Cn1cc(SCCNc2ccccc2Cl)cn1. The second kappa shape index (κ2) is 5.98. The van der Waals surface area contributed by atoms with Gasteiger partial charge in [0.1, 0.15) is 0 Å². The number of aromatic nitrogens is 2. The minimum atomic E-state index is 0.763. The zero-order chi connectivity index (χ0) is 12.1. The van der Waals surface area contributed by atoms with Crippen LogP contribution in [0.3, 0.4) is 0 Å². The van der Waals surface area contributed by atoms with Crippen LogP contribution in [0.25, 0.3) is 0 Å². The molecule has 0 bridgehead atoms. The lowest BCUT2D eigenvalue weighted by Gasteiger charge is -2.06. The van der Waals surface area contributed by atoms with Crippen molar-refractivity contribution in [3.63, 3.8) is 0 Å². The van der Waals surface area contributed by atoms with Crippen molar-refractivity contribution in [1.82, 2.24) is 9.78 Å². The average molecular weight is 268 g/mol. The summed E-state index contributed by atoms with van der Waals surface area (Å²) < 4.78 is 1.81. The summed E-state index contributed by atoms with van der Waals surface area (Å²) in [5.41, 5.74) is 0.987. The van der Waals surface area contributed by atoms with E-state index in [1.54, 1.807) is 11.8 Å². The van der Waals surface area contributed by atoms with Crippen molar-refractivity contribution in [2.24, 2.45) is 7.05 Å². The molecule has 5 heteroatoms. The highest BCUT2D eigenvalue weighted by Crippen LogP contribution is 2.21. The zero-order valence-corrected chi connectivity index (χ0v) is 11.1. The van der Waals surface area contributed by atoms with Crippen molar-refractivity contribution >= 4 is 29.1 Å². The summed E-state index contributed by atoms with van der Waals surface area (Å²) in [6.07, 6.45) is 3.89. The number of nitrogens with zero attached hydrogens (tertiary/aromatic N) is 2. The smallest absolute Gasteiger partial charge is 0.0637 e. The third-order valence-electron chi connectivity index (χ3n) is 2.24. The van der Waals surface area contributed by atoms with Crippen molar-refractivity contribution in [2.45, 2.75) is 4.90 Å². The normalized spacial score (nSPS) is 10.5. The fourth-order valence-corrected chi connectivity index (χ4v) is 2.42. The lowest BCUT2D eigenvalue weighted by Crippen LogP contribution is -2.04. The van der Waals surface area contributed by atoms with Crippen LogP contribution in [-0.4, -0.2) is 22.1 Å². The van der Waals surface area contributed by atoms with E-state index in [1.165, 1.54) is 4.90 Å². The van der Waals surface area contributed by atoms with E-state index in [2.05, 4.69) is 10.4 Å². The number of benzene rings is 1. The summed E-state index contributed by atoms with van der Waals surface area (Å²) in [7, 11) is 1.92. The van der Waals surface area contributed by atoms with E-state index in [0.717, 1.165) is 23.0 Å². The number of rotatable bonds is 5. The van der Waals surface area contributed by atoms with Gasteiger partial charge < -0.3 is 5.32 Å². The number of aryl methyl sites for hydroxylation is 1. The topological polar surface area (TPSA) is 29.9 Å². The maximum atomic E-state index is 6.04. The van der Waals surface area contributed by atoms with Crippen LogP contribution in [0, 0.1) is 0 Å². The molecule has 0 aliphatic heterocycles. The Kier molecular flexibility index (Phi) is 4.34. The number of hydrogen-bond acceptors (Lipinski definition) is 3. The monoisotopic (exact) mass is 267 g/mol. The van der Waals surface area contributed by atoms with Crippen LogP contribution < -0.4 is 5.32 Å². The quantitative estimate of drug-likeness (QED) is 0.666. The standard InChI is InChI=1S/C12H14ClN3S/c1-16-9-10(8-15-16)17-7-6-14-12-5-3-2-4-11(12)13/h2-5,8-9,14H,6-7H2,1H3. The molecule has 2 aromatic rings. The average Bonchev–Trinajstić information content (AvgIpc) is 2.73. The van der Waals surface area contributed by atoms with Gasteiger partial charge in [-0.15, -0.1) is 11.8 Å². The number of anilines is 1. The van der Waals surface area contributed by atoms with Gasteiger partial charge in [0.25, 0.3) is 0 Å². The highest BCUT2D eigenvalue weighted by molar-refractivity contribution is 7.99. The summed E-state index contributed by atoms with van der Waals surface area (Å²) in [5, 5.41) is 8.19.